The van der Waals surface area contributed by atoms with Gasteiger partial charge in [0, 0.05) is 12.8 Å². The number of hydrogen-bond acceptors (Lipinski definition) is 4. The summed E-state index contributed by atoms with van der Waals surface area (Å²) >= 11 is 0. The third-order valence-electron chi connectivity index (χ3n) is 2.59. The van der Waals surface area contributed by atoms with Crippen LogP contribution in [0.25, 0.3) is 0 Å². The maximum atomic E-state index is 11.6. The van der Waals surface area contributed by atoms with Crippen LogP contribution in [0.15, 0.2) is 24.3 Å². The highest BCUT2D eigenvalue weighted by Crippen LogP contribution is 2.18. The van der Waals surface area contributed by atoms with Gasteiger partial charge in [0.15, 0.2) is 9.03 Å². The summed E-state index contributed by atoms with van der Waals surface area (Å²) in [6, 6.07) is 9.86. The van der Waals surface area contributed by atoms with Crippen LogP contribution in [0, 0.1) is 11.3 Å². The molecule has 0 aliphatic carbocycles. The minimum atomic E-state index is -0.0577. The first-order valence-corrected chi connectivity index (χ1v) is 7.53. The van der Waals surface area contributed by atoms with E-state index in [9.17, 15) is 4.79 Å². The molecule has 0 aliphatic rings. The summed E-state index contributed by atoms with van der Waals surface area (Å²) in [7, 11) is -0.0577. The Kier molecular flexibility index (Phi) is 8.82. The first-order chi connectivity index (χ1) is 9.76. The Labute approximate surface area is 122 Å². The first-order valence-electron chi connectivity index (χ1n) is 6.71. The van der Waals surface area contributed by atoms with Gasteiger partial charge in [0.1, 0.15) is 5.78 Å². The molecule has 0 heterocycles. The minimum Gasteiger partial charge on any atom is -0.335 e. The molecule has 0 N–H and O–H groups in total. The van der Waals surface area contributed by atoms with Gasteiger partial charge >= 0.3 is 0 Å². The van der Waals surface area contributed by atoms with Gasteiger partial charge in [-0.2, -0.15) is 5.26 Å². The van der Waals surface area contributed by atoms with Crippen LogP contribution in [0.5, 0.6) is 0 Å². The van der Waals surface area contributed by atoms with Gasteiger partial charge in [-0.05, 0) is 17.5 Å². The van der Waals surface area contributed by atoms with Gasteiger partial charge in [-0.1, -0.05) is 31.2 Å². The van der Waals surface area contributed by atoms with Crippen molar-refractivity contribution < 1.29 is 13.8 Å². The molecule has 1 unspecified atom stereocenters. The minimum absolute atomic E-state index is 0.0577. The molecule has 0 saturated carbocycles. The number of carbonyl (C=O) groups is 1. The lowest BCUT2D eigenvalue weighted by atomic mass is 10.0. The van der Waals surface area contributed by atoms with Crippen LogP contribution in [0.3, 0.4) is 0 Å². The van der Waals surface area contributed by atoms with Crippen LogP contribution < -0.4 is 0 Å². The van der Waals surface area contributed by atoms with Gasteiger partial charge in [-0.3, -0.25) is 4.79 Å². The number of hydrogen-bond donors (Lipinski definition) is 0. The largest absolute Gasteiger partial charge is 0.335 e. The molecule has 0 amide bonds. The number of rotatable bonds is 10. The molecule has 5 heteroatoms. The quantitative estimate of drug-likeness (QED) is 0.489. The van der Waals surface area contributed by atoms with E-state index in [1.165, 1.54) is 0 Å². The zero-order valence-electron chi connectivity index (χ0n) is 11.7. The number of nitrogens with zero attached hydrogens (tertiary/aromatic N) is 1. The second-order valence-electron chi connectivity index (χ2n) is 4.41. The molecule has 0 saturated heterocycles. The molecule has 4 nitrogen and oxygen atoms in total. The van der Waals surface area contributed by atoms with E-state index in [0.29, 0.717) is 32.5 Å². The van der Waals surface area contributed by atoms with Crippen LogP contribution in [0.1, 0.15) is 37.3 Å². The van der Waals surface area contributed by atoms with E-state index in [1.807, 2.05) is 37.3 Å². The fourth-order valence-corrected chi connectivity index (χ4v) is 2.21. The average Bonchev–Trinajstić information content (AvgIpc) is 2.43. The zero-order chi connectivity index (χ0) is 14.6. The Balaban J connectivity index is 2.32. The molecule has 1 atom stereocenters. The number of nitriles is 1. The Hall–Kier alpha value is -1.27. The Morgan fingerprint density at radius 2 is 2.15 bits per heavy atom. The lowest BCUT2D eigenvalue weighted by Gasteiger charge is -2.06. The summed E-state index contributed by atoms with van der Waals surface area (Å²) in [6.07, 6.45) is 2.39. The highest BCUT2D eigenvalue weighted by Gasteiger charge is 2.03. The van der Waals surface area contributed by atoms with Crippen molar-refractivity contribution in [1.82, 2.24) is 0 Å². The van der Waals surface area contributed by atoms with E-state index in [1.54, 1.807) is 0 Å². The Morgan fingerprint density at radius 3 is 2.90 bits per heavy atom. The van der Waals surface area contributed by atoms with Crippen LogP contribution in [0.4, 0.5) is 0 Å². The molecule has 0 aromatic heterocycles. The zero-order valence-corrected chi connectivity index (χ0v) is 12.7. The predicted octanol–water partition coefficient (Wildman–Crippen LogP) is 3.55. The lowest BCUT2D eigenvalue weighted by Crippen LogP contribution is -2.02. The average molecular weight is 293 g/mol. The second kappa shape index (κ2) is 10.5. The molecule has 0 fully saturated rings. The molecule has 1 aromatic carbocycles. The standard InChI is InChI=1S/C15H20NO3P/c1-2-5-15(17)11-13-6-3-7-14(10-13)12-19-20-18-9-4-8-16/h3,6-7,10,20H,2,4-5,9,11-12H2,1H3. The SMILES string of the molecule is CCCC(=O)Cc1cccc(COPOCCC#N)c1. The van der Waals surface area contributed by atoms with E-state index >= 15 is 0 Å². The number of Topliss-reactive ketones (excluding diaryl/α,β-unsaturated/α-hetero) is 1. The first kappa shape index (κ1) is 16.8. The van der Waals surface area contributed by atoms with Crippen molar-refractivity contribution in [3.63, 3.8) is 0 Å². The molecule has 0 radical (unpaired) electrons. The van der Waals surface area contributed by atoms with Gasteiger partial charge in [0.25, 0.3) is 0 Å². The van der Waals surface area contributed by atoms with Crippen molar-refractivity contribution in [2.75, 3.05) is 6.61 Å². The van der Waals surface area contributed by atoms with Gasteiger partial charge < -0.3 is 9.05 Å². The normalized spacial score (nSPS) is 10.8. The maximum Gasteiger partial charge on any atom is 0.155 e. The van der Waals surface area contributed by atoms with E-state index < -0.39 is 0 Å². The molecule has 20 heavy (non-hydrogen) atoms. The Bertz CT molecular complexity index is 457. The van der Waals surface area contributed by atoms with E-state index in [0.717, 1.165) is 17.5 Å². The summed E-state index contributed by atoms with van der Waals surface area (Å²) in [5.41, 5.74) is 2.06. The van der Waals surface area contributed by atoms with Gasteiger partial charge in [-0.25, -0.2) is 0 Å². The predicted molar refractivity (Wildman–Crippen MR) is 79.3 cm³/mol. The maximum absolute atomic E-state index is 11.6. The van der Waals surface area contributed by atoms with E-state index in [2.05, 4.69) is 0 Å². The van der Waals surface area contributed by atoms with Crippen LogP contribution in [-0.4, -0.2) is 12.4 Å². The summed E-state index contributed by atoms with van der Waals surface area (Å²) in [4.78, 5) is 11.6. The summed E-state index contributed by atoms with van der Waals surface area (Å²) in [6.45, 7) is 2.87. The highest BCUT2D eigenvalue weighted by molar-refractivity contribution is 7.26. The molecular formula is C15H20NO3P. The highest BCUT2D eigenvalue weighted by atomic mass is 31.1. The Morgan fingerprint density at radius 1 is 1.35 bits per heavy atom. The summed E-state index contributed by atoms with van der Waals surface area (Å²) in [5.74, 6) is 0.271. The van der Waals surface area contributed by atoms with Crippen molar-refractivity contribution in [2.45, 2.75) is 39.2 Å². The molecule has 0 aliphatic heterocycles. The molecule has 0 spiro atoms. The summed E-state index contributed by atoms with van der Waals surface area (Å²) < 4.78 is 10.5. The van der Waals surface area contributed by atoms with Crippen LogP contribution in [0.2, 0.25) is 0 Å². The second-order valence-corrected chi connectivity index (χ2v) is 5.16. The molecule has 108 valence electrons. The fraction of sp³-hybridized carbons (Fsp3) is 0.467. The van der Waals surface area contributed by atoms with Crippen molar-refractivity contribution in [1.29, 1.82) is 5.26 Å². The fourth-order valence-electron chi connectivity index (χ4n) is 1.72. The summed E-state index contributed by atoms with van der Waals surface area (Å²) in [5, 5.41) is 8.35. The topological polar surface area (TPSA) is 59.3 Å². The third-order valence-corrected chi connectivity index (χ3v) is 3.18. The molecule has 1 rings (SSSR count). The van der Waals surface area contributed by atoms with E-state index in [-0.39, 0.29) is 14.8 Å². The number of benzene rings is 1. The third kappa shape index (κ3) is 7.35. The van der Waals surface area contributed by atoms with Gasteiger partial charge in [-0.15, -0.1) is 0 Å². The molecule has 0 bridgehead atoms. The smallest absolute Gasteiger partial charge is 0.155 e. The van der Waals surface area contributed by atoms with Crippen molar-refractivity contribution in [2.24, 2.45) is 0 Å². The van der Waals surface area contributed by atoms with Gasteiger partial charge in [0.05, 0.1) is 25.7 Å². The van der Waals surface area contributed by atoms with Crippen molar-refractivity contribution >= 4 is 14.8 Å². The van der Waals surface area contributed by atoms with Crippen molar-refractivity contribution in [3.8, 4) is 6.07 Å². The monoisotopic (exact) mass is 293 g/mol. The lowest BCUT2D eigenvalue weighted by molar-refractivity contribution is -0.118. The van der Waals surface area contributed by atoms with E-state index in [4.69, 9.17) is 14.3 Å². The molecule has 1 aromatic rings. The molecular weight excluding hydrogens is 273 g/mol. The number of ketones is 1. The van der Waals surface area contributed by atoms with Crippen molar-refractivity contribution in [3.05, 3.63) is 35.4 Å². The van der Waals surface area contributed by atoms with Gasteiger partial charge in [0.2, 0.25) is 0 Å². The number of carbonyl (C=O) groups excluding carboxylic acids is 1. The van der Waals surface area contributed by atoms with Crippen LogP contribution >= 0.6 is 9.03 Å². The van der Waals surface area contributed by atoms with Crippen LogP contribution in [-0.2, 0) is 26.9 Å².